The highest BCUT2D eigenvalue weighted by Crippen LogP contribution is 1.78. The second-order valence-electron chi connectivity index (χ2n) is 1.10. The maximum Gasteiger partial charge on any atom is 0.0594 e. The molecule has 0 aromatic rings. The van der Waals surface area contributed by atoms with Crippen LogP contribution in [0.5, 0.6) is 0 Å². The molecule has 0 radical (unpaired) electrons. The van der Waals surface area contributed by atoms with Crippen molar-refractivity contribution in [3.63, 3.8) is 0 Å². The molecule has 0 rings (SSSR count). The highest BCUT2D eigenvalue weighted by molar-refractivity contribution is 6.18. The third-order valence-electron chi connectivity index (χ3n) is 0.433. The van der Waals surface area contributed by atoms with Gasteiger partial charge in [0.05, 0.1) is 6.61 Å². The summed E-state index contributed by atoms with van der Waals surface area (Å²) in [5, 5.41) is 8.13. The minimum Gasteiger partial charge on any atom is -0.395 e. The maximum atomic E-state index is 8.13. The van der Waals surface area contributed by atoms with Crippen LogP contribution in [-0.4, -0.2) is 23.6 Å². The number of hydrogen-bond acceptors (Lipinski definition) is 2. The second-order valence-corrected chi connectivity index (χ2v) is 1.41. The third-order valence-corrected chi connectivity index (χ3v) is 0.829. The van der Waals surface area contributed by atoms with Crippen LogP contribution in [0.25, 0.3) is 0 Å². The fraction of sp³-hybridized carbons (Fsp3) is 1.00. The Labute approximate surface area is 41.9 Å². The zero-order valence-electron chi connectivity index (χ0n) is 3.39. The van der Waals surface area contributed by atoms with Crippen LogP contribution < -0.4 is 5.73 Å². The highest BCUT2D eigenvalue weighted by Gasteiger charge is 1.92. The van der Waals surface area contributed by atoms with Crippen molar-refractivity contribution >= 4 is 11.6 Å². The Bertz CT molecular complexity index is 30.0. The molecule has 0 spiro atoms. The molecule has 3 heteroatoms. The van der Waals surface area contributed by atoms with Gasteiger partial charge in [0.2, 0.25) is 0 Å². The van der Waals surface area contributed by atoms with Crippen molar-refractivity contribution in [2.75, 3.05) is 12.5 Å². The summed E-state index contributed by atoms with van der Waals surface area (Å²) in [6.07, 6.45) is 0. The van der Waals surface area contributed by atoms with Gasteiger partial charge in [0.15, 0.2) is 0 Å². The van der Waals surface area contributed by atoms with Crippen molar-refractivity contribution in [2.24, 2.45) is 5.73 Å². The number of halogens is 1. The molecule has 0 saturated carbocycles. The largest absolute Gasteiger partial charge is 0.395 e. The summed E-state index contributed by atoms with van der Waals surface area (Å²) in [6, 6.07) is -0.244. The number of rotatable bonds is 2. The first kappa shape index (κ1) is 6.21. The van der Waals surface area contributed by atoms with Crippen LogP contribution in [0.15, 0.2) is 0 Å². The van der Waals surface area contributed by atoms with E-state index in [-0.39, 0.29) is 12.6 Å². The van der Waals surface area contributed by atoms with E-state index < -0.39 is 0 Å². The van der Waals surface area contributed by atoms with Crippen molar-refractivity contribution in [1.82, 2.24) is 0 Å². The van der Waals surface area contributed by atoms with Crippen LogP contribution in [0.3, 0.4) is 0 Å². The molecule has 0 fully saturated rings. The lowest BCUT2D eigenvalue weighted by Crippen LogP contribution is -2.25. The molecule has 0 aromatic carbocycles. The molecule has 0 aliphatic heterocycles. The zero-order valence-corrected chi connectivity index (χ0v) is 4.15. The van der Waals surface area contributed by atoms with Gasteiger partial charge in [-0.25, -0.2) is 0 Å². The van der Waals surface area contributed by atoms with Gasteiger partial charge in [-0.1, -0.05) is 0 Å². The molecule has 0 heterocycles. The lowest BCUT2D eigenvalue weighted by atomic mass is 10.4. The molecule has 38 valence electrons. The Morgan fingerprint density at radius 1 is 1.83 bits per heavy atom. The fourth-order valence-corrected chi connectivity index (χ4v) is 0.146. The number of aliphatic hydroxyl groups is 1. The van der Waals surface area contributed by atoms with Crippen molar-refractivity contribution in [1.29, 1.82) is 0 Å². The predicted molar refractivity (Wildman–Crippen MR) is 25.8 cm³/mol. The Hall–Kier alpha value is 0.210. The summed E-state index contributed by atoms with van der Waals surface area (Å²) < 4.78 is 0. The van der Waals surface area contributed by atoms with E-state index in [4.69, 9.17) is 22.4 Å². The summed E-state index contributed by atoms with van der Waals surface area (Å²) in [6.45, 7) is -0.0243. The normalized spacial score (nSPS) is 14.5. The molecular weight excluding hydrogens is 101 g/mol. The number of hydrogen-bond donors (Lipinski definition) is 2. The van der Waals surface area contributed by atoms with Gasteiger partial charge in [0.25, 0.3) is 0 Å². The molecular formula is C3H8ClNO. The average Bonchev–Trinajstić information content (AvgIpc) is 1.65. The van der Waals surface area contributed by atoms with Gasteiger partial charge in [-0.15, -0.1) is 11.6 Å². The quantitative estimate of drug-likeness (QED) is 0.472. The highest BCUT2D eigenvalue weighted by atomic mass is 35.5. The fourth-order valence-electron chi connectivity index (χ4n) is 0.0488. The van der Waals surface area contributed by atoms with E-state index >= 15 is 0 Å². The molecule has 0 amide bonds. The van der Waals surface area contributed by atoms with Gasteiger partial charge in [-0.05, 0) is 0 Å². The van der Waals surface area contributed by atoms with Crippen molar-refractivity contribution in [3.8, 4) is 0 Å². The van der Waals surface area contributed by atoms with E-state index in [0.717, 1.165) is 0 Å². The molecule has 0 saturated heterocycles. The van der Waals surface area contributed by atoms with Gasteiger partial charge in [-0.2, -0.15) is 0 Å². The summed E-state index contributed by atoms with van der Waals surface area (Å²) in [4.78, 5) is 0. The molecule has 2 nitrogen and oxygen atoms in total. The molecule has 0 bridgehead atoms. The smallest absolute Gasteiger partial charge is 0.0594 e. The van der Waals surface area contributed by atoms with Crippen LogP contribution in [0.4, 0.5) is 0 Å². The zero-order chi connectivity index (χ0) is 4.99. The second kappa shape index (κ2) is 3.40. The number of aliphatic hydroxyl groups excluding tert-OH is 1. The van der Waals surface area contributed by atoms with Crippen LogP contribution in [-0.2, 0) is 0 Å². The molecule has 0 aliphatic carbocycles. The van der Waals surface area contributed by atoms with Gasteiger partial charge in [-0.3, -0.25) is 0 Å². The van der Waals surface area contributed by atoms with Gasteiger partial charge in [0, 0.05) is 11.9 Å². The van der Waals surface area contributed by atoms with Crippen LogP contribution in [0.1, 0.15) is 0 Å². The SMILES string of the molecule is NC(CO)CCl. The summed E-state index contributed by atoms with van der Waals surface area (Å²) >= 11 is 5.17. The van der Waals surface area contributed by atoms with E-state index in [1.165, 1.54) is 0 Å². The summed E-state index contributed by atoms with van der Waals surface area (Å²) in [5.41, 5.74) is 5.09. The standard InChI is InChI=1S/C3H8ClNO/c4-1-3(5)2-6/h3,6H,1-2,5H2. The first-order valence-electron chi connectivity index (χ1n) is 1.73. The predicted octanol–water partition coefficient (Wildman–Crippen LogP) is -0.455. The summed E-state index contributed by atoms with van der Waals surface area (Å²) in [5.74, 6) is 0.330. The van der Waals surface area contributed by atoms with Crippen molar-refractivity contribution < 1.29 is 5.11 Å². The molecule has 6 heavy (non-hydrogen) atoms. The van der Waals surface area contributed by atoms with Crippen LogP contribution in [0, 0.1) is 0 Å². The van der Waals surface area contributed by atoms with Gasteiger partial charge < -0.3 is 10.8 Å². The van der Waals surface area contributed by atoms with Gasteiger partial charge >= 0.3 is 0 Å². The Balaban J connectivity index is 2.75. The monoisotopic (exact) mass is 109 g/mol. The lowest BCUT2D eigenvalue weighted by molar-refractivity contribution is 0.275. The third kappa shape index (κ3) is 2.45. The maximum absolute atomic E-state index is 8.13. The summed E-state index contributed by atoms with van der Waals surface area (Å²) in [7, 11) is 0. The minimum absolute atomic E-state index is 0.0243. The topological polar surface area (TPSA) is 46.2 Å². The number of alkyl halides is 1. The molecule has 1 atom stereocenters. The van der Waals surface area contributed by atoms with E-state index in [1.807, 2.05) is 0 Å². The Kier molecular flexibility index (Phi) is 3.52. The van der Waals surface area contributed by atoms with E-state index in [2.05, 4.69) is 0 Å². The molecule has 0 aromatic heterocycles. The molecule has 1 unspecified atom stereocenters. The first-order chi connectivity index (χ1) is 2.81. The van der Waals surface area contributed by atoms with Gasteiger partial charge in [0.1, 0.15) is 0 Å². The molecule has 0 aliphatic rings. The van der Waals surface area contributed by atoms with Crippen LogP contribution in [0.2, 0.25) is 0 Å². The van der Waals surface area contributed by atoms with E-state index in [1.54, 1.807) is 0 Å². The van der Waals surface area contributed by atoms with E-state index in [9.17, 15) is 0 Å². The molecule has 3 N–H and O–H groups in total. The van der Waals surface area contributed by atoms with Crippen molar-refractivity contribution in [3.05, 3.63) is 0 Å². The average molecular weight is 110 g/mol. The number of nitrogens with two attached hydrogens (primary N) is 1. The van der Waals surface area contributed by atoms with E-state index in [0.29, 0.717) is 5.88 Å². The lowest BCUT2D eigenvalue weighted by Gasteiger charge is -1.97. The minimum atomic E-state index is -0.244. The van der Waals surface area contributed by atoms with Crippen LogP contribution >= 0.6 is 11.6 Å². The first-order valence-corrected chi connectivity index (χ1v) is 2.27. The van der Waals surface area contributed by atoms with Crippen molar-refractivity contribution in [2.45, 2.75) is 6.04 Å². The Morgan fingerprint density at radius 2 is 2.33 bits per heavy atom. The Morgan fingerprint density at radius 3 is 2.33 bits per heavy atom.